The largest absolute Gasteiger partial charge is 0.513 e. The van der Waals surface area contributed by atoms with Crippen LogP contribution in [0.1, 0.15) is 88.3 Å². The molecule has 0 amide bonds. The summed E-state index contributed by atoms with van der Waals surface area (Å²) in [6, 6.07) is 16.6. The number of hydrogen-bond acceptors (Lipinski definition) is 3. The van der Waals surface area contributed by atoms with Crippen LogP contribution in [-0.2, 0) is 24.0 Å². The summed E-state index contributed by atoms with van der Waals surface area (Å²) >= 11 is 0. The van der Waals surface area contributed by atoms with E-state index in [4.69, 9.17) is 9.47 Å². The first-order valence-electron chi connectivity index (χ1n) is 12.2. The molecule has 31 heavy (non-hydrogen) atoms. The van der Waals surface area contributed by atoms with Gasteiger partial charge in [-0.3, -0.25) is 0 Å². The van der Waals surface area contributed by atoms with E-state index in [-0.39, 0.29) is 0 Å². The van der Waals surface area contributed by atoms with E-state index in [0.717, 1.165) is 44.9 Å². The van der Waals surface area contributed by atoms with Crippen LogP contribution in [-0.4, -0.2) is 12.8 Å². The van der Waals surface area contributed by atoms with Crippen LogP contribution in [0.3, 0.4) is 0 Å². The fourth-order valence-electron chi connectivity index (χ4n) is 3.87. The maximum absolute atomic E-state index is 12.3. The van der Waals surface area contributed by atoms with Gasteiger partial charge in [-0.1, -0.05) is 82.0 Å². The first kappa shape index (κ1) is 25.0. The molecule has 0 heterocycles. The number of aryl methyl sites for hydroxylation is 2. The minimum absolute atomic E-state index is 0.412. The molecule has 0 N–H and O–H groups in total. The maximum Gasteiger partial charge on any atom is 0.513 e. The maximum atomic E-state index is 12.3. The monoisotopic (exact) mass is 424 g/mol. The van der Waals surface area contributed by atoms with Crippen molar-refractivity contribution in [2.24, 2.45) is 0 Å². The summed E-state index contributed by atoms with van der Waals surface area (Å²) in [4.78, 5) is 12.3. The van der Waals surface area contributed by atoms with Gasteiger partial charge in [-0.25, -0.2) is 4.79 Å². The van der Waals surface area contributed by atoms with Gasteiger partial charge < -0.3 is 9.47 Å². The Bertz CT molecular complexity index is 739. The third kappa shape index (κ3) is 10.0. The molecular weight excluding hydrogens is 384 g/mol. The van der Waals surface area contributed by atoms with E-state index >= 15 is 0 Å². The summed E-state index contributed by atoms with van der Waals surface area (Å²) < 4.78 is 11.0. The standard InChI is InChI=1S/C28H40O3/c1-3-5-9-19-25-20-15-22-27(26(25)21-10-6-4-2)31-28(29)30-23-14-8-13-18-24-16-11-7-12-17-24/h7,11-12,15-17,20,22H,3-6,8-10,13-14,18-19,21,23H2,1-2H3. The predicted molar refractivity (Wildman–Crippen MR) is 129 cm³/mol. The Morgan fingerprint density at radius 1 is 0.710 bits per heavy atom. The molecule has 0 saturated heterocycles. The SMILES string of the molecule is CCCCCc1cccc(OC(=O)OCCCCCc2ccccc2)c1CCCCC. The Balaban J connectivity index is 1.79. The van der Waals surface area contributed by atoms with Crippen LogP contribution in [0.2, 0.25) is 0 Å². The zero-order valence-electron chi connectivity index (χ0n) is 19.5. The Hall–Kier alpha value is -2.29. The molecule has 0 atom stereocenters. The third-order valence-corrected chi connectivity index (χ3v) is 5.68. The second kappa shape index (κ2) is 15.5. The van der Waals surface area contributed by atoms with E-state index in [1.807, 2.05) is 18.2 Å². The predicted octanol–water partition coefficient (Wildman–Crippen LogP) is 8.08. The first-order chi connectivity index (χ1) is 15.2. The van der Waals surface area contributed by atoms with E-state index < -0.39 is 6.16 Å². The number of carbonyl (C=O) groups excluding carboxylic acids is 1. The third-order valence-electron chi connectivity index (χ3n) is 5.68. The van der Waals surface area contributed by atoms with Gasteiger partial charge in [-0.15, -0.1) is 0 Å². The second-order valence-electron chi connectivity index (χ2n) is 8.30. The molecule has 0 unspecified atom stereocenters. The molecular formula is C28H40O3. The van der Waals surface area contributed by atoms with Gasteiger partial charge in [0, 0.05) is 0 Å². The van der Waals surface area contributed by atoms with Crippen LogP contribution < -0.4 is 4.74 Å². The highest BCUT2D eigenvalue weighted by Crippen LogP contribution is 2.27. The minimum Gasteiger partial charge on any atom is -0.434 e. The molecule has 170 valence electrons. The Labute approximate surface area is 189 Å². The quantitative estimate of drug-likeness (QED) is 0.165. The molecule has 0 aliphatic heterocycles. The smallest absolute Gasteiger partial charge is 0.434 e. The van der Waals surface area contributed by atoms with Crippen molar-refractivity contribution in [1.29, 1.82) is 0 Å². The molecule has 2 rings (SSSR count). The molecule has 0 fully saturated rings. The highest BCUT2D eigenvalue weighted by atomic mass is 16.7. The molecule has 2 aromatic carbocycles. The van der Waals surface area contributed by atoms with E-state index in [1.54, 1.807) is 0 Å². The van der Waals surface area contributed by atoms with E-state index in [2.05, 4.69) is 44.2 Å². The van der Waals surface area contributed by atoms with Crippen molar-refractivity contribution < 1.29 is 14.3 Å². The number of ether oxygens (including phenoxy) is 2. The average Bonchev–Trinajstić information content (AvgIpc) is 2.78. The summed E-state index contributed by atoms with van der Waals surface area (Å²) in [7, 11) is 0. The number of carbonyl (C=O) groups is 1. The van der Waals surface area contributed by atoms with Gasteiger partial charge in [-0.2, -0.15) is 0 Å². The fourth-order valence-corrected chi connectivity index (χ4v) is 3.87. The molecule has 0 bridgehead atoms. The Morgan fingerprint density at radius 2 is 1.42 bits per heavy atom. The van der Waals surface area contributed by atoms with Crippen LogP contribution in [0.5, 0.6) is 5.75 Å². The van der Waals surface area contributed by atoms with Crippen LogP contribution in [0.25, 0.3) is 0 Å². The van der Waals surface area contributed by atoms with Crippen molar-refractivity contribution in [1.82, 2.24) is 0 Å². The van der Waals surface area contributed by atoms with Gasteiger partial charge in [0.2, 0.25) is 0 Å². The molecule has 2 aromatic rings. The van der Waals surface area contributed by atoms with Crippen LogP contribution in [0, 0.1) is 0 Å². The van der Waals surface area contributed by atoms with Crippen molar-refractivity contribution in [3.8, 4) is 5.75 Å². The molecule has 0 aliphatic rings. The number of rotatable bonds is 15. The topological polar surface area (TPSA) is 35.5 Å². The summed E-state index contributed by atoms with van der Waals surface area (Å²) in [5, 5.41) is 0. The van der Waals surface area contributed by atoms with Crippen molar-refractivity contribution in [2.45, 2.75) is 90.9 Å². The van der Waals surface area contributed by atoms with Crippen molar-refractivity contribution in [3.63, 3.8) is 0 Å². The van der Waals surface area contributed by atoms with Gasteiger partial charge in [0.25, 0.3) is 0 Å². The summed E-state index contributed by atoms with van der Waals surface area (Å²) in [5.41, 5.74) is 3.86. The number of hydrogen-bond donors (Lipinski definition) is 0. The van der Waals surface area contributed by atoms with Crippen LogP contribution in [0.4, 0.5) is 4.79 Å². The van der Waals surface area contributed by atoms with Crippen molar-refractivity contribution in [2.75, 3.05) is 6.61 Å². The highest BCUT2D eigenvalue weighted by molar-refractivity contribution is 5.65. The second-order valence-corrected chi connectivity index (χ2v) is 8.30. The highest BCUT2D eigenvalue weighted by Gasteiger charge is 2.14. The lowest BCUT2D eigenvalue weighted by molar-refractivity contribution is 0.0969. The minimum atomic E-state index is -0.578. The van der Waals surface area contributed by atoms with E-state index in [9.17, 15) is 4.79 Å². The zero-order valence-corrected chi connectivity index (χ0v) is 19.5. The molecule has 3 nitrogen and oxygen atoms in total. The van der Waals surface area contributed by atoms with Gasteiger partial charge in [-0.05, 0) is 74.1 Å². The molecule has 0 spiro atoms. The van der Waals surface area contributed by atoms with Gasteiger partial charge in [0.05, 0.1) is 6.61 Å². The average molecular weight is 425 g/mol. The van der Waals surface area contributed by atoms with Crippen molar-refractivity contribution >= 4 is 6.16 Å². The molecule has 0 saturated carbocycles. The number of unbranched alkanes of at least 4 members (excludes halogenated alkanes) is 6. The zero-order chi connectivity index (χ0) is 22.2. The molecule has 0 aromatic heterocycles. The van der Waals surface area contributed by atoms with Crippen LogP contribution >= 0.6 is 0 Å². The van der Waals surface area contributed by atoms with Crippen LogP contribution in [0.15, 0.2) is 48.5 Å². The first-order valence-corrected chi connectivity index (χ1v) is 12.2. The molecule has 3 heteroatoms. The molecule has 0 aliphatic carbocycles. The number of benzene rings is 2. The van der Waals surface area contributed by atoms with Gasteiger partial charge >= 0.3 is 6.16 Å². The van der Waals surface area contributed by atoms with E-state index in [1.165, 1.54) is 48.8 Å². The fraction of sp³-hybridized carbons (Fsp3) is 0.536. The lowest BCUT2D eigenvalue weighted by atomic mass is 9.96. The van der Waals surface area contributed by atoms with Crippen molar-refractivity contribution in [3.05, 3.63) is 65.2 Å². The summed E-state index contributed by atoms with van der Waals surface area (Å²) in [6.07, 6.45) is 12.6. The van der Waals surface area contributed by atoms with E-state index in [0.29, 0.717) is 12.4 Å². The lowest BCUT2D eigenvalue weighted by Crippen LogP contribution is -2.13. The normalized spacial score (nSPS) is 10.8. The summed E-state index contributed by atoms with van der Waals surface area (Å²) in [6.45, 7) is 4.84. The van der Waals surface area contributed by atoms with Gasteiger partial charge in [0.15, 0.2) is 0 Å². The summed E-state index contributed by atoms with van der Waals surface area (Å²) in [5.74, 6) is 0.680. The Kier molecular flexibility index (Phi) is 12.5. The van der Waals surface area contributed by atoms with Gasteiger partial charge in [0.1, 0.15) is 5.75 Å². The molecule has 0 radical (unpaired) electrons. The Morgan fingerprint density at radius 3 is 2.16 bits per heavy atom. The lowest BCUT2D eigenvalue weighted by Gasteiger charge is -2.15.